The van der Waals surface area contributed by atoms with Crippen LogP contribution in [0.15, 0.2) is 18.7 Å². The Morgan fingerprint density at radius 1 is 1.64 bits per heavy atom. The van der Waals surface area contributed by atoms with Gasteiger partial charge in [0, 0.05) is 13.0 Å². The summed E-state index contributed by atoms with van der Waals surface area (Å²) in [5.41, 5.74) is 1.67. The van der Waals surface area contributed by atoms with Crippen LogP contribution in [0.5, 0.6) is 0 Å². The Bertz CT molecular complexity index is 339. The Labute approximate surface area is 84.4 Å². The molecule has 0 unspecified atom stereocenters. The molecule has 1 heterocycles. The van der Waals surface area contributed by atoms with E-state index in [2.05, 4.69) is 11.7 Å². The minimum atomic E-state index is 0.0917. The first-order valence-electron chi connectivity index (χ1n) is 4.93. The van der Waals surface area contributed by atoms with E-state index in [0.29, 0.717) is 12.1 Å². The van der Waals surface area contributed by atoms with E-state index in [-0.39, 0.29) is 5.78 Å². The van der Waals surface area contributed by atoms with Crippen LogP contribution in [0.1, 0.15) is 36.5 Å². The summed E-state index contributed by atoms with van der Waals surface area (Å²) >= 11 is 0. The Morgan fingerprint density at radius 2 is 2.36 bits per heavy atom. The zero-order valence-corrected chi connectivity index (χ0v) is 8.79. The maximum atomic E-state index is 11.6. The lowest BCUT2D eigenvalue weighted by Crippen LogP contribution is -2.08. The standard InChI is InChI=1S/C11H16N2O/c1-4-7-11(14)10-8-9(5-2)12-13(10)6-3/h4,8H,1,5-7H2,2-3H3. The molecule has 0 amide bonds. The maximum absolute atomic E-state index is 11.6. The van der Waals surface area contributed by atoms with Gasteiger partial charge < -0.3 is 0 Å². The van der Waals surface area contributed by atoms with Crippen LogP contribution in [0.2, 0.25) is 0 Å². The second-order valence-electron chi connectivity index (χ2n) is 3.11. The lowest BCUT2D eigenvalue weighted by molar-refractivity contribution is 0.0986. The third kappa shape index (κ3) is 2.10. The number of aromatic nitrogens is 2. The van der Waals surface area contributed by atoms with Gasteiger partial charge in [0.1, 0.15) is 5.69 Å². The number of aryl methyl sites for hydroxylation is 2. The number of hydrogen-bond donors (Lipinski definition) is 0. The molecule has 0 aliphatic heterocycles. The van der Waals surface area contributed by atoms with Crippen molar-refractivity contribution in [2.75, 3.05) is 0 Å². The predicted molar refractivity (Wildman–Crippen MR) is 56.4 cm³/mol. The fourth-order valence-corrected chi connectivity index (χ4v) is 1.34. The molecule has 0 radical (unpaired) electrons. The van der Waals surface area contributed by atoms with Crippen LogP contribution in [-0.4, -0.2) is 15.6 Å². The fourth-order valence-electron chi connectivity index (χ4n) is 1.34. The third-order valence-electron chi connectivity index (χ3n) is 2.11. The van der Waals surface area contributed by atoms with Crippen molar-refractivity contribution in [1.82, 2.24) is 9.78 Å². The van der Waals surface area contributed by atoms with Crippen molar-refractivity contribution in [2.45, 2.75) is 33.2 Å². The van der Waals surface area contributed by atoms with Crippen molar-refractivity contribution in [1.29, 1.82) is 0 Å². The molecule has 0 spiro atoms. The summed E-state index contributed by atoms with van der Waals surface area (Å²) < 4.78 is 1.75. The first-order valence-corrected chi connectivity index (χ1v) is 4.93. The summed E-state index contributed by atoms with van der Waals surface area (Å²) in [4.78, 5) is 11.6. The van der Waals surface area contributed by atoms with E-state index in [1.165, 1.54) is 0 Å². The molecule has 0 atom stereocenters. The monoisotopic (exact) mass is 192 g/mol. The van der Waals surface area contributed by atoms with Crippen LogP contribution < -0.4 is 0 Å². The average molecular weight is 192 g/mol. The Kier molecular flexibility index (Phi) is 3.63. The number of allylic oxidation sites excluding steroid dienone is 1. The highest BCUT2D eigenvalue weighted by atomic mass is 16.1. The molecule has 1 rings (SSSR count). The Balaban J connectivity index is 2.99. The van der Waals surface area contributed by atoms with Crippen molar-refractivity contribution < 1.29 is 4.79 Å². The highest BCUT2D eigenvalue weighted by Crippen LogP contribution is 2.08. The minimum Gasteiger partial charge on any atom is -0.292 e. The minimum absolute atomic E-state index is 0.0917. The lowest BCUT2D eigenvalue weighted by Gasteiger charge is -2.00. The number of hydrogen-bond acceptors (Lipinski definition) is 2. The number of nitrogens with zero attached hydrogens (tertiary/aromatic N) is 2. The summed E-state index contributed by atoms with van der Waals surface area (Å²) in [5.74, 6) is 0.0917. The average Bonchev–Trinajstić information content (AvgIpc) is 2.61. The Hall–Kier alpha value is -1.38. The van der Waals surface area contributed by atoms with Gasteiger partial charge in [-0.15, -0.1) is 6.58 Å². The molecule has 76 valence electrons. The summed E-state index contributed by atoms with van der Waals surface area (Å²) in [6, 6.07) is 1.87. The van der Waals surface area contributed by atoms with Gasteiger partial charge in [0.15, 0.2) is 5.78 Å². The van der Waals surface area contributed by atoms with Gasteiger partial charge in [-0.3, -0.25) is 9.48 Å². The van der Waals surface area contributed by atoms with Crippen molar-refractivity contribution in [3.63, 3.8) is 0 Å². The molecule has 1 aromatic rings. The van der Waals surface area contributed by atoms with Crippen LogP contribution in [0.25, 0.3) is 0 Å². The molecular formula is C11H16N2O. The molecule has 0 fully saturated rings. The lowest BCUT2D eigenvalue weighted by atomic mass is 10.2. The van der Waals surface area contributed by atoms with Gasteiger partial charge in [0.05, 0.1) is 5.69 Å². The highest BCUT2D eigenvalue weighted by molar-refractivity contribution is 5.95. The zero-order valence-electron chi connectivity index (χ0n) is 8.79. The summed E-state index contributed by atoms with van der Waals surface area (Å²) in [6.07, 6.45) is 2.87. The van der Waals surface area contributed by atoms with Gasteiger partial charge in [-0.2, -0.15) is 5.10 Å². The molecule has 14 heavy (non-hydrogen) atoms. The van der Waals surface area contributed by atoms with E-state index in [4.69, 9.17) is 0 Å². The number of carbonyl (C=O) groups is 1. The van der Waals surface area contributed by atoms with Crippen molar-refractivity contribution >= 4 is 5.78 Å². The molecule has 0 bridgehead atoms. The van der Waals surface area contributed by atoms with Crippen LogP contribution in [0, 0.1) is 0 Å². The molecule has 0 aliphatic carbocycles. The van der Waals surface area contributed by atoms with E-state index in [1.54, 1.807) is 10.8 Å². The molecule has 1 aromatic heterocycles. The van der Waals surface area contributed by atoms with E-state index in [0.717, 1.165) is 18.7 Å². The molecule has 0 aromatic carbocycles. The molecule has 0 saturated heterocycles. The number of Topliss-reactive ketones (excluding diaryl/α,β-unsaturated/α-hetero) is 1. The first-order chi connectivity index (χ1) is 6.72. The van der Waals surface area contributed by atoms with E-state index >= 15 is 0 Å². The first kappa shape index (κ1) is 10.7. The van der Waals surface area contributed by atoms with Gasteiger partial charge >= 0.3 is 0 Å². The summed E-state index contributed by atoms with van der Waals surface area (Å²) in [5, 5.41) is 4.31. The van der Waals surface area contributed by atoms with Gasteiger partial charge in [-0.25, -0.2) is 0 Å². The second-order valence-corrected chi connectivity index (χ2v) is 3.11. The largest absolute Gasteiger partial charge is 0.292 e. The number of ketones is 1. The van der Waals surface area contributed by atoms with Crippen LogP contribution in [-0.2, 0) is 13.0 Å². The van der Waals surface area contributed by atoms with Gasteiger partial charge in [-0.05, 0) is 19.4 Å². The summed E-state index contributed by atoms with van der Waals surface area (Å²) in [7, 11) is 0. The molecular weight excluding hydrogens is 176 g/mol. The predicted octanol–water partition coefficient (Wildman–Crippen LogP) is 2.22. The molecule has 3 heteroatoms. The van der Waals surface area contributed by atoms with Gasteiger partial charge in [0.2, 0.25) is 0 Å². The quantitative estimate of drug-likeness (QED) is 0.529. The van der Waals surface area contributed by atoms with Crippen molar-refractivity contribution in [2.24, 2.45) is 0 Å². The highest BCUT2D eigenvalue weighted by Gasteiger charge is 2.11. The normalized spacial score (nSPS) is 10.1. The summed E-state index contributed by atoms with van der Waals surface area (Å²) in [6.45, 7) is 8.31. The van der Waals surface area contributed by atoms with Crippen molar-refractivity contribution in [3.8, 4) is 0 Å². The smallest absolute Gasteiger partial charge is 0.184 e. The molecule has 0 N–H and O–H groups in total. The van der Waals surface area contributed by atoms with Crippen molar-refractivity contribution in [3.05, 3.63) is 30.1 Å². The topological polar surface area (TPSA) is 34.9 Å². The van der Waals surface area contributed by atoms with E-state index < -0.39 is 0 Å². The van der Waals surface area contributed by atoms with Crippen LogP contribution in [0.3, 0.4) is 0 Å². The van der Waals surface area contributed by atoms with Gasteiger partial charge in [0.25, 0.3) is 0 Å². The number of carbonyl (C=O) groups excluding carboxylic acids is 1. The molecule has 0 saturated carbocycles. The maximum Gasteiger partial charge on any atom is 0.184 e. The van der Waals surface area contributed by atoms with E-state index in [9.17, 15) is 4.79 Å². The van der Waals surface area contributed by atoms with E-state index in [1.807, 2.05) is 19.9 Å². The SMILES string of the molecule is C=CCC(=O)c1cc(CC)nn1CC. The Morgan fingerprint density at radius 3 is 2.86 bits per heavy atom. The number of rotatable bonds is 5. The molecule has 0 aliphatic rings. The van der Waals surface area contributed by atoms with Gasteiger partial charge in [-0.1, -0.05) is 13.0 Å². The second kappa shape index (κ2) is 4.74. The third-order valence-corrected chi connectivity index (χ3v) is 2.11. The van der Waals surface area contributed by atoms with Crippen LogP contribution >= 0.6 is 0 Å². The zero-order chi connectivity index (χ0) is 10.6. The van der Waals surface area contributed by atoms with Crippen LogP contribution in [0.4, 0.5) is 0 Å². The fraction of sp³-hybridized carbons (Fsp3) is 0.455. The molecule has 3 nitrogen and oxygen atoms in total.